The number of unbranched alkanes of at least 4 members (excludes halogenated alkanes) is 1. The molecule has 10 heteroatoms. The van der Waals surface area contributed by atoms with Crippen LogP contribution in [-0.2, 0) is 17.8 Å². The molecule has 36 heavy (non-hydrogen) atoms. The zero-order valence-corrected chi connectivity index (χ0v) is 21.8. The summed E-state index contributed by atoms with van der Waals surface area (Å²) in [5.41, 5.74) is 16.2. The Hall–Kier alpha value is -2.95. The normalized spacial score (nSPS) is 14.7. The number of hydrogen-bond acceptors (Lipinski definition) is 10. The number of methoxy groups -OCH3 is 1. The lowest BCUT2D eigenvalue weighted by Gasteiger charge is -2.25. The van der Waals surface area contributed by atoms with Gasteiger partial charge in [0.25, 0.3) is 0 Å². The molecule has 0 saturated carbocycles. The quantitative estimate of drug-likeness (QED) is 0.306. The molecule has 0 radical (unpaired) electrons. The first kappa shape index (κ1) is 27.6. The highest BCUT2D eigenvalue weighted by Gasteiger charge is 2.18. The molecule has 2 aromatic rings. The standard InChI is InChI=1S/C26H41N7O3/c1-4-5-10-33(11-12-34)25-23(27)24(31-26(28)32-25)18(2)29-17-20-7-6-19(15-22(20)35-3)16-30-21-8-13-36-14-9-21/h6-7,15,21,30,34H,4-5,8-14,16-17,27H2,1-3H3,(H2,28,31,32). The summed E-state index contributed by atoms with van der Waals surface area (Å²) >= 11 is 0. The summed E-state index contributed by atoms with van der Waals surface area (Å²) in [6, 6.07) is 6.70. The molecule has 1 aliphatic heterocycles. The Labute approximate surface area is 214 Å². The molecule has 1 aromatic heterocycles. The second kappa shape index (κ2) is 14.0. The van der Waals surface area contributed by atoms with Crippen molar-refractivity contribution in [2.45, 2.75) is 58.7 Å². The van der Waals surface area contributed by atoms with Gasteiger partial charge >= 0.3 is 0 Å². The van der Waals surface area contributed by atoms with E-state index in [1.165, 1.54) is 0 Å². The molecular weight excluding hydrogens is 458 g/mol. The molecule has 10 nitrogen and oxygen atoms in total. The van der Waals surface area contributed by atoms with Gasteiger partial charge in [-0.05, 0) is 37.8 Å². The number of nitrogen functional groups attached to an aromatic ring is 2. The molecule has 1 fully saturated rings. The maximum absolute atomic E-state index is 9.51. The predicted molar refractivity (Wildman–Crippen MR) is 145 cm³/mol. The van der Waals surface area contributed by atoms with Crippen LogP contribution in [0.3, 0.4) is 0 Å². The van der Waals surface area contributed by atoms with Crippen LogP contribution in [0.15, 0.2) is 23.2 Å². The maximum atomic E-state index is 9.51. The number of rotatable bonds is 13. The second-order valence-electron chi connectivity index (χ2n) is 9.05. The Kier molecular flexibility index (Phi) is 10.7. The molecular formula is C26H41N7O3. The Morgan fingerprint density at radius 1 is 1.25 bits per heavy atom. The van der Waals surface area contributed by atoms with Crippen molar-refractivity contribution in [3.8, 4) is 5.75 Å². The van der Waals surface area contributed by atoms with Crippen LogP contribution in [0, 0.1) is 0 Å². The minimum atomic E-state index is -0.00412. The van der Waals surface area contributed by atoms with Crippen LogP contribution in [0.4, 0.5) is 17.5 Å². The van der Waals surface area contributed by atoms with E-state index in [4.69, 9.17) is 25.9 Å². The zero-order valence-electron chi connectivity index (χ0n) is 21.8. The topological polar surface area (TPSA) is 144 Å². The van der Waals surface area contributed by atoms with E-state index in [1.807, 2.05) is 17.9 Å². The van der Waals surface area contributed by atoms with Crippen molar-refractivity contribution in [2.24, 2.45) is 4.99 Å². The third-order valence-corrected chi connectivity index (χ3v) is 6.39. The summed E-state index contributed by atoms with van der Waals surface area (Å²) in [7, 11) is 1.67. The Bertz CT molecular complexity index is 1010. The van der Waals surface area contributed by atoms with Gasteiger partial charge in [0.15, 0.2) is 5.82 Å². The summed E-state index contributed by atoms with van der Waals surface area (Å²) in [6.07, 6.45) is 4.05. The zero-order chi connectivity index (χ0) is 25.9. The molecule has 0 atom stereocenters. The number of nitrogens with one attached hydrogen (secondary N) is 1. The summed E-state index contributed by atoms with van der Waals surface area (Å²) < 4.78 is 11.1. The fourth-order valence-corrected chi connectivity index (χ4v) is 4.26. The molecule has 6 N–H and O–H groups in total. The highest BCUT2D eigenvalue weighted by atomic mass is 16.5. The molecule has 1 aromatic carbocycles. The van der Waals surface area contributed by atoms with E-state index in [-0.39, 0.29) is 12.6 Å². The molecule has 2 heterocycles. The maximum Gasteiger partial charge on any atom is 0.222 e. The van der Waals surface area contributed by atoms with Gasteiger partial charge in [-0.2, -0.15) is 4.98 Å². The second-order valence-corrected chi connectivity index (χ2v) is 9.05. The fourth-order valence-electron chi connectivity index (χ4n) is 4.26. The first-order chi connectivity index (χ1) is 17.5. The minimum absolute atomic E-state index is 0.00412. The van der Waals surface area contributed by atoms with Crippen LogP contribution >= 0.6 is 0 Å². The van der Waals surface area contributed by atoms with Crippen LogP contribution in [0.25, 0.3) is 0 Å². The molecule has 3 rings (SSSR count). The Balaban J connectivity index is 1.75. The van der Waals surface area contributed by atoms with E-state index in [0.717, 1.165) is 68.9 Å². The number of benzene rings is 1. The predicted octanol–water partition coefficient (Wildman–Crippen LogP) is 2.53. The van der Waals surface area contributed by atoms with Crippen LogP contribution in [-0.4, -0.2) is 66.8 Å². The molecule has 1 aliphatic rings. The third kappa shape index (κ3) is 7.52. The lowest BCUT2D eigenvalue weighted by molar-refractivity contribution is 0.0776. The monoisotopic (exact) mass is 499 g/mol. The lowest BCUT2D eigenvalue weighted by Crippen LogP contribution is -2.34. The molecule has 198 valence electrons. The smallest absolute Gasteiger partial charge is 0.222 e. The van der Waals surface area contributed by atoms with Crippen molar-refractivity contribution in [3.63, 3.8) is 0 Å². The number of anilines is 3. The average molecular weight is 500 g/mol. The van der Waals surface area contributed by atoms with Crippen molar-refractivity contribution in [2.75, 3.05) is 56.4 Å². The number of aliphatic imine (C=N–C) groups is 1. The van der Waals surface area contributed by atoms with E-state index in [1.54, 1.807) is 7.11 Å². The number of aromatic nitrogens is 2. The number of hydrogen-bond donors (Lipinski definition) is 4. The molecule has 0 spiro atoms. The number of aliphatic hydroxyl groups excluding tert-OH is 1. The molecule has 0 aliphatic carbocycles. The summed E-state index contributed by atoms with van der Waals surface area (Å²) in [5, 5.41) is 13.1. The number of ether oxygens (including phenoxy) is 2. The Morgan fingerprint density at radius 2 is 2.03 bits per heavy atom. The van der Waals surface area contributed by atoms with Gasteiger partial charge in [0.2, 0.25) is 5.95 Å². The van der Waals surface area contributed by atoms with Gasteiger partial charge in [-0.15, -0.1) is 0 Å². The van der Waals surface area contributed by atoms with Crippen molar-refractivity contribution < 1.29 is 14.6 Å². The van der Waals surface area contributed by atoms with E-state index in [0.29, 0.717) is 42.0 Å². The summed E-state index contributed by atoms with van der Waals surface area (Å²) in [6.45, 7) is 7.95. The van der Waals surface area contributed by atoms with E-state index < -0.39 is 0 Å². The molecule has 0 unspecified atom stereocenters. The highest BCUT2D eigenvalue weighted by molar-refractivity contribution is 6.03. The van der Waals surface area contributed by atoms with Crippen molar-refractivity contribution >= 4 is 23.2 Å². The molecule has 0 bridgehead atoms. The van der Waals surface area contributed by atoms with Gasteiger partial charge in [0, 0.05) is 44.5 Å². The largest absolute Gasteiger partial charge is 0.496 e. The van der Waals surface area contributed by atoms with Gasteiger partial charge in [-0.25, -0.2) is 4.98 Å². The van der Waals surface area contributed by atoms with Crippen LogP contribution < -0.4 is 26.4 Å². The molecule has 1 saturated heterocycles. The van der Waals surface area contributed by atoms with Crippen molar-refractivity contribution in [1.29, 1.82) is 0 Å². The van der Waals surface area contributed by atoms with Gasteiger partial charge < -0.3 is 36.3 Å². The molecule has 0 amide bonds. The first-order valence-electron chi connectivity index (χ1n) is 12.7. The SMILES string of the molecule is CCCCN(CCO)c1nc(N)nc(C(C)=NCc2ccc(CNC3CCOCC3)cc2OC)c1N. The van der Waals surface area contributed by atoms with Crippen LogP contribution in [0.2, 0.25) is 0 Å². The number of nitrogens with zero attached hydrogens (tertiary/aromatic N) is 4. The van der Waals surface area contributed by atoms with Crippen LogP contribution in [0.5, 0.6) is 5.75 Å². The number of aliphatic hydroxyl groups is 1. The van der Waals surface area contributed by atoms with Gasteiger partial charge in [0.05, 0.1) is 26.0 Å². The van der Waals surface area contributed by atoms with Crippen LogP contribution in [0.1, 0.15) is 56.4 Å². The van der Waals surface area contributed by atoms with Crippen molar-refractivity contribution in [3.05, 3.63) is 35.0 Å². The third-order valence-electron chi connectivity index (χ3n) is 6.39. The van der Waals surface area contributed by atoms with Crippen molar-refractivity contribution in [1.82, 2.24) is 15.3 Å². The fraction of sp³-hybridized carbons (Fsp3) is 0.577. The lowest BCUT2D eigenvalue weighted by atomic mass is 10.1. The summed E-state index contributed by atoms with van der Waals surface area (Å²) in [4.78, 5) is 15.4. The van der Waals surface area contributed by atoms with E-state index in [2.05, 4.69) is 34.3 Å². The average Bonchev–Trinajstić information content (AvgIpc) is 2.90. The van der Waals surface area contributed by atoms with E-state index >= 15 is 0 Å². The van der Waals surface area contributed by atoms with E-state index in [9.17, 15) is 5.11 Å². The van der Waals surface area contributed by atoms with Gasteiger partial charge in [-0.1, -0.05) is 25.5 Å². The van der Waals surface area contributed by atoms with Gasteiger partial charge in [0.1, 0.15) is 17.1 Å². The minimum Gasteiger partial charge on any atom is -0.496 e. The first-order valence-corrected chi connectivity index (χ1v) is 12.7. The highest BCUT2D eigenvalue weighted by Crippen LogP contribution is 2.26. The van der Waals surface area contributed by atoms with Gasteiger partial charge in [-0.3, -0.25) is 4.99 Å². The Morgan fingerprint density at radius 3 is 2.72 bits per heavy atom. The number of nitrogens with two attached hydrogens (primary N) is 2. The summed E-state index contributed by atoms with van der Waals surface area (Å²) in [5.74, 6) is 1.46.